The zero-order chi connectivity index (χ0) is 12.3. The first-order chi connectivity index (χ1) is 8.09. The lowest BCUT2D eigenvalue weighted by molar-refractivity contribution is -0.220. The van der Waals surface area contributed by atoms with Crippen molar-refractivity contribution in [3.8, 4) is 0 Å². The maximum atomic E-state index is 13.7. The van der Waals surface area contributed by atoms with E-state index in [0.29, 0.717) is 0 Å². The van der Waals surface area contributed by atoms with Gasteiger partial charge < -0.3 is 14.8 Å². The molecule has 96 valence electrons. The van der Waals surface area contributed by atoms with Crippen LogP contribution in [0.15, 0.2) is 24.2 Å². The minimum absolute atomic E-state index is 0.201. The standard InChI is InChI=1S/C13H20FNO2/c1-13(2,12-10(14)6-5-8-15-12)17-11-7-3-4-9-16-11/h5-6,8,11-12,15H,3-4,7,9H2,1-2H3. The lowest BCUT2D eigenvalue weighted by Gasteiger charge is -2.38. The SMILES string of the molecule is CC(C)(OC1CCCCO1)C1NC=CC=C1F. The van der Waals surface area contributed by atoms with E-state index in [2.05, 4.69) is 5.32 Å². The van der Waals surface area contributed by atoms with E-state index in [-0.39, 0.29) is 12.1 Å². The van der Waals surface area contributed by atoms with Gasteiger partial charge in [0.15, 0.2) is 6.29 Å². The summed E-state index contributed by atoms with van der Waals surface area (Å²) in [7, 11) is 0. The second-order valence-corrected chi connectivity index (χ2v) is 5.03. The number of hydrogen-bond donors (Lipinski definition) is 1. The molecule has 1 saturated heterocycles. The van der Waals surface area contributed by atoms with Gasteiger partial charge in [0.1, 0.15) is 11.9 Å². The molecule has 17 heavy (non-hydrogen) atoms. The van der Waals surface area contributed by atoms with Gasteiger partial charge in [-0.05, 0) is 51.5 Å². The molecule has 0 spiro atoms. The average Bonchev–Trinajstić information content (AvgIpc) is 2.30. The summed E-state index contributed by atoms with van der Waals surface area (Å²) in [5.74, 6) is -0.201. The van der Waals surface area contributed by atoms with E-state index in [1.165, 1.54) is 6.08 Å². The molecule has 2 atom stereocenters. The lowest BCUT2D eigenvalue weighted by Crippen LogP contribution is -2.50. The summed E-state index contributed by atoms with van der Waals surface area (Å²) < 4.78 is 25.1. The van der Waals surface area contributed by atoms with Crippen LogP contribution >= 0.6 is 0 Å². The van der Waals surface area contributed by atoms with Crippen molar-refractivity contribution in [3.05, 3.63) is 24.2 Å². The van der Waals surface area contributed by atoms with Crippen molar-refractivity contribution >= 4 is 0 Å². The maximum absolute atomic E-state index is 13.7. The molecule has 0 saturated carbocycles. The van der Waals surface area contributed by atoms with Crippen molar-refractivity contribution in [2.45, 2.75) is 51.0 Å². The summed E-state index contributed by atoms with van der Waals surface area (Å²) in [6, 6.07) is -0.446. The van der Waals surface area contributed by atoms with Crippen molar-refractivity contribution < 1.29 is 13.9 Å². The highest BCUT2D eigenvalue weighted by Crippen LogP contribution is 2.28. The van der Waals surface area contributed by atoms with Gasteiger partial charge in [0.25, 0.3) is 0 Å². The zero-order valence-corrected chi connectivity index (χ0v) is 10.4. The summed E-state index contributed by atoms with van der Waals surface area (Å²) in [6.07, 6.45) is 7.72. The molecule has 0 amide bonds. The van der Waals surface area contributed by atoms with Crippen molar-refractivity contribution in [3.63, 3.8) is 0 Å². The molecule has 2 aliphatic heterocycles. The van der Waals surface area contributed by atoms with Crippen LogP contribution in [-0.4, -0.2) is 24.5 Å². The quantitative estimate of drug-likeness (QED) is 0.824. The maximum Gasteiger partial charge on any atom is 0.158 e. The van der Waals surface area contributed by atoms with Crippen LogP contribution in [0.4, 0.5) is 4.39 Å². The molecule has 4 heteroatoms. The molecule has 2 aliphatic rings. The van der Waals surface area contributed by atoms with Gasteiger partial charge in [-0.3, -0.25) is 0 Å². The summed E-state index contributed by atoms with van der Waals surface area (Å²) in [4.78, 5) is 0. The first kappa shape index (κ1) is 12.6. The smallest absolute Gasteiger partial charge is 0.158 e. The number of allylic oxidation sites excluding steroid dienone is 2. The molecular formula is C13H20FNO2. The van der Waals surface area contributed by atoms with E-state index in [0.717, 1.165) is 25.9 Å². The molecule has 2 heterocycles. The van der Waals surface area contributed by atoms with Gasteiger partial charge in [-0.25, -0.2) is 4.39 Å². The molecule has 1 N–H and O–H groups in total. The minimum Gasteiger partial charge on any atom is -0.379 e. The van der Waals surface area contributed by atoms with Crippen molar-refractivity contribution in [1.29, 1.82) is 0 Å². The summed E-state index contributed by atoms with van der Waals surface area (Å²) in [6.45, 7) is 4.50. The number of rotatable bonds is 3. The van der Waals surface area contributed by atoms with Gasteiger partial charge in [0.05, 0.1) is 5.60 Å². The van der Waals surface area contributed by atoms with Crippen LogP contribution in [0.3, 0.4) is 0 Å². The molecule has 0 aromatic heterocycles. The highest BCUT2D eigenvalue weighted by molar-refractivity contribution is 5.21. The Morgan fingerprint density at radius 2 is 2.29 bits per heavy atom. The average molecular weight is 241 g/mol. The van der Waals surface area contributed by atoms with E-state index in [1.54, 1.807) is 12.3 Å². The van der Waals surface area contributed by atoms with Gasteiger partial charge in [-0.1, -0.05) is 0 Å². The minimum atomic E-state index is -0.632. The highest BCUT2D eigenvalue weighted by Gasteiger charge is 2.36. The predicted molar refractivity (Wildman–Crippen MR) is 64.0 cm³/mol. The Labute approximate surface area is 102 Å². The fraction of sp³-hybridized carbons (Fsp3) is 0.692. The number of hydrogen-bond acceptors (Lipinski definition) is 3. The first-order valence-corrected chi connectivity index (χ1v) is 6.17. The fourth-order valence-corrected chi connectivity index (χ4v) is 2.21. The Balaban J connectivity index is 1.97. The monoisotopic (exact) mass is 241 g/mol. The van der Waals surface area contributed by atoms with Gasteiger partial charge in [-0.15, -0.1) is 0 Å². The molecule has 2 rings (SSSR count). The van der Waals surface area contributed by atoms with Crippen LogP contribution in [0, 0.1) is 0 Å². The van der Waals surface area contributed by atoms with E-state index in [4.69, 9.17) is 9.47 Å². The molecular weight excluding hydrogens is 221 g/mol. The van der Waals surface area contributed by atoms with Crippen LogP contribution in [0.5, 0.6) is 0 Å². The molecule has 0 bridgehead atoms. The summed E-state index contributed by atoms with van der Waals surface area (Å²) >= 11 is 0. The second kappa shape index (κ2) is 5.19. The van der Waals surface area contributed by atoms with Crippen LogP contribution in [0.2, 0.25) is 0 Å². The molecule has 3 nitrogen and oxygen atoms in total. The lowest BCUT2D eigenvalue weighted by atomic mass is 9.95. The van der Waals surface area contributed by atoms with E-state index in [9.17, 15) is 4.39 Å². The number of dihydropyridines is 1. The van der Waals surface area contributed by atoms with Gasteiger partial charge in [0.2, 0.25) is 0 Å². The first-order valence-electron chi connectivity index (χ1n) is 6.17. The van der Waals surface area contributed by atoms with E-state index >= 15 is 0 Å². The van der Waals surface area contributed by atoms with Gasteiger partial charge >= 0.3 is 0 Å². The molecule has 0 radical (unpaired) electrons. The predicted octanol–water partition coefficient (Wildman–Crippen LogP) is 2.65. The molecule has 0 aromatic carbocycles. The molecule has 1 fully saturated rings. The molecule has 0 aliphatic carbocycles. The van der Waals surface area contributed by atoms with Crippen molar-refractivity contribution in [2.24, 2.45) is 0 Å². The third-order valence-electron chi connectivity index (χ3n) is 3.16. The Morgan fingerprint density at radius 3 is 2.94 bits per heavy atom. The fourth-order valence-electron chi connectivity index (χ4n) is 2.21. The van der Waals surface area contributed by atoms with Crippen LogP contribution in [0.1, 0.15) is 33.1 Å². The summed E-state index contributed by atoms with van der Waals surface area (Å²) in [5, 5.41) is 2.99. The highest BCUT2D eigenvalue weighted by atomic mass is 19.1. The van der Waals surface area contributed by atoms with E-state index < -0.39 is 11.6 Å². The third kappa shape index (κ3) is 3.07. The number of ether oxygens (including phenoxy) is 2. The largest absolute Gasteiger partial charge is 0.379 e. The Kier molecular flexibility index (Phi) is 3.84. The van der Waals surface area contributed by atoms with Crippen molar-refractivity contribution in [1.82, 2.24) is 5.32 Å². The summed E-state index contributed by atoms with van der Waals surface area (Å²) in [5.41, 5.74) is -0.632. The number of halogens is 1. The van der Waals surface area contributed by atoms with Crippen LogP contribution < -0.4 is 5.32 Å². The molecule has 2 unspecified atom stereocenters. The van der Waals surface area contributed by atoms with Crippen LogP contribution in [-0.2, 0) is 9.47 Å². The second-order valence-electron chi connectivity index (χ2n) is 5.03. The van der Waals surface area contributed by atoms with Crippen molar-refractivity contribution in [2.75, 3.05) is 6.61 Å². The zero-order valence-electron chi connectivity index (χ0n) is 10.4. The third-order valence-corrected chi connectivity index (χ3v) is 3.16. The number of nitrogens with one attached hydrogen (secondary N) is 1. The van der Waals surface area contributed by atoms with Gasteiger partial charge in [-0.2, -0.15) is 0 Å². The van der Waals surface area contributed by atoms with Gasteiger partial charge in [0, 0.05) is 6.61 Å². The normalized spacial score (nSPS) is 29.7. The Hall–Kier alpha value is -0.870. The van der Waals surface area contributed by atoms with E-state index in [1.807, 2.05) is 13.8 Å². The Bertz CT molecular complexity index is 319. The van der Waals surface area contributed by atoms with Crippen LogP contribution in [0.25, 0.3) is 0 Å². The Morgan fingerprint density at radius 1 is 1.47 bits per heavy atom. The topological polar surface area (TPSA) is 30.5 Å². The molecule has 0 aromatic rings.